The van der Waals surface area contributed by atoms with Gasteiger partial charge in [0.15, 0.2) is 5.96 Å². The lowest BCUT2D eigenvalue weighted by Crippen LogP contribution is -2.36. The van der Waals surface area contributed by atoms with Crippen LogP contribution in [0.1, 0.15) is 28.4 Å². The van der Waals surface area contributed by atoms with Crippen molar-refractivity contribution in [2.75, 3.05) is 13.7 Å². The molecule has 0 atom stereocenters. The highest BCUT2D eigenvalue weighted by molar-refractivity contribution is 6.31. The van der Waals surface area contributed by atoms with Crippen molar-refractivity contribution in [3.05, 3.63) is 70.2 Å². The fraction of sp³-hybridized carbons (Fsp3) is 0.263. The number of aliphatic imine (C=N–C) groups is 1. The molecule has 0 aliphatic rings. The van der Waals surface area contributed by atoms with E-state index in [9.17, 15) is 4.79 Å². The molecule has 0 unspecified atom stereocenters. The number of rotatable bonds is 6. The number of nitrogens with zero attached hydrogens (tertiary/aromatic N) is 1. The molecule has 2 N–H and O–H groups in total. The van der Waals surface area contributed by atoms with Gasteiger partial charge in [-0.15, -0.1) is 0 Å². The summed E-state index contributed by atoms with van der Waals surface area (Å²) in [5, 5.41) is 7.17. The second-order valence-electron chi connectivity index (χ2n) is 5.29. The van der Waals surface area contributed by atoms with Gasteiger partial charge in [0.1, 0.15) is 0 Å². The third-order valence-electron chi connectivity index (χ3n) is 3.55. The van der Waals surface area contributed by atoms with E-state index in [-0.39, 0.29) is 5.97 Å². The molecular formula is C19H22ClN3O2. The molecule has 0 fully saturated rings. The molecule has 0 heterocycles. The number of ether oxygens (including phenoxy) is 1. The van der Waals surface area contributed by atoms with Gasteiger partial charge in [-0.3, -0.25) is 4.99 Å². The average molecular weight is 360 g/mol. The lowest BCUT2D eigenvalue weighted by Gasteiger charge is -2.13. The number of esters is 1. The van der Waals surface area contributed by atoms with Crippen LogP contribution in [0, 0.1) is 0 Å². The predicted octanol–water partition coefficient (Wildman–Crippen LogP) is 3.38. The summed E-state index contributed by atoms with van der Waals surface area (Å²) in [4.78, 5) is 15.8. The Kier molecular flexibility index (Phi) is 7.29. The zero-order chi connectivity index (χ0) is 18.1. The summed E-state index contributed by atoms with van der Waals surface area (Å²) in [5.74, 6) is 0.369. The molecule has 2 aromatic rings. The number of guanidine groups is 1. The standard InChI is InChI=1S/C19H22ClN3O2/c1-3-25-18(24)15-10-8-14(9-11-15)12-22-19(21-2)23-13-16-6-4-5-7-17(16)20/h4-11H,3,12-13H2,1-2H3,(H2,21,22,23). The first-order valence-electron chi connectivity index (χ1n) is 8.08. The highest BCUT2D eigenvalue weighted by atomic mass is 35.5. The van der Waals surface area contributed by atoms with Gasteiger partial charge in [-0.1, -0.05) is 41.9 Å². The monoisotopic (exact) mass is 359 g/mol. The van der Waals surface area contributed by atoms with E-state index < -0.39 is 0 Å². The molecule has 0 saturated heterocycles. The Balaban J connectivity index is 1.86. The van der Waals surface area contributed by atoms with Crippen LogP contribution in [0.25, 0.3) is 0 Å². The summed E-state index contributed by atoms with van der Waals surface area (Å²) in [6, 6.07) is 15.0. The molecule has 0 radical (unpaired) electrons. The Morgan fingerprint density at radius 3 is 2.40 bits per heavy atom. The molecule has 25 heavy (non-hydrogen) atoms. The third-order valence-corrected chi connectivity index (χ3v) is 3.92. The van der Waals surface area contributed by atoms with Gasteiger partial charge in [-0.2, -0.15) is 0 Å². The van der Waals surface area contributed by atoms with Crippen LogP contribution < -0.4 is 10.6 Å². The molecule has 132 valence electrons. The van der Waals surface area contributed by atoms with Gasteiger partial charge in [0.25, 0.3) is 0 Å². The van der Waals surface area contributed by atoms with Crippen LogP contribution in [0.3, 0.4) is 0 Å². The summed E-state index contributed by atoms with van der Waals surface area (Å²) in [6.45, 7) is 3.33. The summed E-state index contributed by atoms with van der Waals surface area (Å²) in [7, 11) is 1.71. The molecule has 2 aromatic carbocycles. The fourth-order valence-electron chi connectivity index (χ4n) is 2.20. The number of carbonyl (C=O) groups is 1. The van der Waals surface area contributed by atoms with Gasteiger partial charge in [0.2, 0.25) is 0 Å². The first-order valence-corrected chi connectivity index (χ1v) is 8.45. The number of nitrogens with one attached hydrogen (secondary N) is 2. The minimum absolute atomic E-state index is 0.306. The van der Waals surface area contributed by atoms with Crippen molar-refractivity contribution in [1.29, 1.82) is 0 Å². The zero-order valence-corrected chi connectivity index (χ0v) is 15.1. The Morgan fingerprint density at radius 2 is 1.76 bits per heavy atom. The van der Waals surface area contributed by atoms with Crippen LogP contribution in [-0.2, 0) is 17.8 Å². The van der Waals surface area contributed by atoms with Crippen LogP contribution in [0.4, 0.5) is 0 Å². The van der Waals surface area contributed by atoms with Crippen LogP contribution in [0.15, 0.2) is 53.5 Å². The van der Waals surface area contributed by atoms with Gasteiger partial charge in [-0.05, 0) is 36.2 Å². The Labute approximate surface area is 153 Å². The van der Waals surface area contributed by atoms with E-state index >= 15 is 0 Å². The van der Waals surface area contributed by atoms with Crippen molar-refractivity contribution in [2.24, 2.45) is 4.99 Å². The first kappa shape index (κ1) is 18.8. The van der Waals surface area contributed by atoms with E-state index in [1.165, 1.54) is 0 Å². The molecule has 6 heteroatoms. The molecule has 0 bridgehead atoms. The quantitative estimate of drug-likeness (QED) is 0.471. The Bertz CT molecular complexity index is 730. The van der Waals surface area contributed by atoms with Crippen molar-refractivity contribution >= 4 is 23.5 Å². The van der Waals surface area contributed by atoms with Crippen LogP contribution in [0.2, 0.25) is 5.02 Å². The van der Waals surface area contributed by atoms with Crippen LogP contribution in [-0.4, -0.2) is 25.6 Å². The van der Waals surface area contributed by atoms with Crippen LogP contribution >= 0.6 is 11.6 Å². The Hall–Kier alpha value is -2.53. The molecule has 0 aromatic heterocycles. The van der Waals surface area contributed by atoms with Gasteiger partial charge < -0.3 is 15.4 Å². The topological polar surface area (TPSA) is 62.7 Å². The van der Waals surface area contributed by atoms with Crippen molar-refractivity contribution in [3.63, 3.8) is 0 Å². The van der Waals surface area contributed by atoms with Crippen molar-refractivity contribution in [2.45, 2.75) is 20.0 Å². The second-order valence-corrected chi connectivity index (χ2v) is 5.70. The fourth-order valence-corrected chi connectivity index (χ4v) is 2.40. The minimum Gasteiger partial charge on any atom is -0.462 e. The minimum atomic E-state index is -0.306. The van der Waals surface area contributed by atoms with E-state index in [2.05, 4.69) is 15.6 Å². The van der Waals surface area contributed by atoms with Gasteiger partial charge in [-0.25, -0.2) is 4.79 Å². The number of benzene rings is 2. The maximum absolute atomic E-state index is 11.6. The molecule has 5 nitrogen and oxygen atoms in total. The largest absolute Gasteiger partial charge is 0.462 e. The van der Waals surface area contributed by atoms with Gasteiger partial charge in [0, 0.05) is 25.2 Å². The molecule has 0 amide bonds. The number of hydrogen-bond acceptors (Lipinski definition) is 3. The predicted molar refractivity (Wildman–Crippen MR) is 101 cm³/mol. The summed E-state index contributed by atoms with van der Waals surface area (Å²) < 4.78 is 4.97. The van der Waals surface area contributed by atoms with Crippen molar-refractivity contribution in [1.82, 2.24) is 10.6 Å². The third kappa shape index (κ3) is 5.80. The van der Waals surface area contributed by atoms with E-state index in [1.54, 1.807) is 26.1 Å². The zero-order valence-electron chi connectivity index (χ0n) is 14.4. The molecule has 0 spiro atoms. The molecule has 0 aliphatic heterocycles. The Morgan fingerprint density at radius 1 is 1.08 bits per heavy atom. The summed E-state index contributed by atoms with van der Waals surface area (Å²) in [6.07, 6.45) is 0. The highest BCUT2D eigenvalue weighted by Crippen LogP contribution is 2.14. The first-order chi connectivity index (χ1) is 12.1. The number of halogens is 1. The summed E-state index contributed by atoms with van der Waals surface area (Å²) in [5.41, 5.74) is 2.59. The van der Waals surface area contributed by atoms with E-state index in [1.807, 2.05) is 36.4 Å². The lowest BCUT2D eigenvalue weighted by atomic mass is 10.1. The molecule has 2 rings (SSSR count). The van der Waals surface area contributed by atoms with Crippen LogP contribution in [0.5, 0.6) is 0 Å². The maximum atomic E-state index is 11.6. The lowest BCUT2D eigenvalue weighted by molar-refractivity contribution is 0.0526. The van der Waals surface area contributed by atoms with E-state index in [4.69, 9.17) is 16.3 Å². The number of hydrogen-bond donors (Lipinski definition) is 2. The average Bonchev–Trinajstić information content (AvgIpc) is 2.64. The number of carbonyl (C=O) groups excluding carboxylic acids is 1. The molecule has 0 saturated carbocycles. The molecule has 0 aliphatic carbocycles. The smallest absolute Gasteiger partial charge is 0.338 e. The van der Waals surface area contributed by atoms with E-state index in [0.717, 1.165) is 16.1 Å². The van der Waals surface area contributed by atoms with Crippen molar-refractivity contribution in [3.8, 4) is 0 Å². The van der Waals surface area contributed by atoms with Crippen molar-refractivity contribution < 1.29 is 9.53 Å². The van der Waals surface area contributed by atoms with Gasteiger partial charge >= 0.3 is 5.97 Å². The summed E-state index contributed by atoms with van der Waals surface area (Å²) >= 11 is 6.15. The molecular weight excluding hydrogens is 338 g/mol. The van der Waals surface area contributed by atoms with E-state index in [0.29, 0.717) is 31.2 Å². The van der Waals surface area contributed by atoms with Gasteiger partial charge in [0.05, 0.1) is 12.2 Å². The maximum Gasteiger partial charge on any atom is 0.338 e. The SMILES string of the molecule is CCOC(=O)c1ccc(CNC(=NC)NCc2ccccc2Cl)cc1. The highest BCUT2D eigenvalue weighted by Gasteiger charge is 2.06. The second kappa shape index (κ2) is 9.69. The normalized spacial score (nSPS) is 11.1.